The second kappa shape index (κ2) is 11.1. The van der Waals surface area contributed by atoms with Crippen LogP contribution >= 0.6 is 0 Å². The third-order valence-electron chi connectivity index (χ3n) is 5.22. The van der Waals surface area contributed by atoms with E-state index >= 15 is 0 Å². The van der Waals surface area contributed by atoms with Crippen LogP contribution in [0.25, 0.3) is 0 Å². The zero-order valence-electron chi connectivity index (χ0n) is 19.4. The molecule has 0 atom stereocenters. The van der Waals surface area contributed by atoms with Gasteiger partial charge in [0.2, 0.25) is 5.91 Å². The van der Waals surface area contributed by atoms with Gasteiger partial charge in [0.25, 0.3) is 0 Å². The number of aryl methyl sites for hydroxylation is 2. The van der Waals surface area contributed by atoms with Crippen molar-refractivity contribution in [3.8, 4) is 11.5 Å². The van der Waals surface area contributed by atoms with Crippen molar-refractivity contribution in [2.24, 2.45) is 11.3 Å². The summed E-state index contributed by atoms with van der Waals surface area (Å²) in [5.74, 6) is 2.32. The molecule has 2 aromatic carbocycles. The molecule has 4 nitrogen and oxygen atoms in total. The fraction of sp³-hybridized carbons (Fsp3) is 0.500. The quantitative estimate of drug-likeness (QED) is 0.426. The number of carbonyl (C=O) groups is 1. The van der Waals surface area contributed by atoms with Gasteiger partial charge in [-0.25, -0.2) is 0 Å². The fourth-order valence-corrected chi connectivity index (χ4v) is 3.05. The van der Waals surface area contributed by atoms with Crippen molar-refractivity contribution in [1.82, 2.24) is 0 Å². The minimum atomic E-state index is -0.487. The molecule has 2 rings (SSSR count). The zero-order chi connectivity index (χ0) is 22.1. The molecule has 0 saturated carbocycles. The summed E-state index contributed by atoms with van der Waals surface area (Å²) in [7, 11) is 0. The molecule has 0 bridgehead atoms. The van der Waals surface area contributed by atoms with Crippen LogP contribution in [0, 0.1) is 25.2 Å². The van der Waals surface area contributed by atoms with Crippen molar-refractivity contribution in [2.75, 3.05) is 18.5 Å². The molecular formula is C26H37NO3. The van der Waals surface area contributed by atoms with E-state index in [0.717, 1.165) is 42.0 Å². The number of rotatable bonds is 11. The molecule has 0 aromatic heterocycles. The molecule has 0 aliphatic rings. The van der Waals surface area contributed by atoms with Gasteiger partial charge in [0.1, 0.15) is 11.5 Å². The number of benzene rings is 2. The Labute approximate surface area is 182 Å². The summed E-state index contributed by atoms with van der Waals surface area (Å²) < 4.78 is 11.7. The predicted octanol–water partition coefficient (Wildman–Crippen LogP) is 6.55. The van der Waals surface area contributed by atoms with Crippen LogP contribution in [-0.4, -0.2) is 19.1 Å². The van der Waals surface area contributed by atoms with E-state index in [1.807, 2.05) is 45.0 Å². The monoisotopic (exact) mass is 411 g/mol. The normalized spacial score (nSPS) is 11.4. The summed E-state index contributed by atoms with van der Waals surface area (Å²) in [6.07, 6.45) is 2.56. The minimum absolute atomic E-state index is 0.00793. The lowest BCUT2D eigenvalue weighted by molar-refractivity contribution is -0.124. The van der Waals surface area contributed by atoms with Crippen LogP contribution in [0.1, 0.15) is 58.1 Å². The number of nitrogens with one attached hydrogen (secondary N) is 1. The Kier molecular flexibility index (Phi) is 8.76. The molecule has 1 N–H and O–H groups in total. The molecule has 164 valence electrons. The van der Waals surface area contributed by atoms with Crippen LogP contribution in [0.15, 0.2) is 42.5 Å². The van der Waals surface area contributed by atoms with Crippen molar-refractivity contribution >= 4 is 11.6 Å². The van der Waals surface area contributed by atoms with Gasteiger partial charge in [-0.3, -0.25) is 4.79 Å². The van der Waals surface area contributed by atoms with Crippen LogP contribution < -0.4 is 14.8 Å². The van der Waals surface area contributed by atoms with Crippen molar-refractivity contribution in [1.29, 1.82) is 0 Å². The van der Waals surface area contributed by atoms with E-state index < -0.39 is 5.41 Å². The number of amides is 1. The summed E-state index contributed by atoms with van der Waals surface area (Å²) in [5.41, 5.74) is 2.60. The van der Waals surface area contributed by atoms with Gasteiger partial charge in [-0.15, -0.1) is 0 Å². The van der Waals surface area contributed by atoms with Crippen molar-refractivity contribution < 1.29 is 14.3 Å². The Hall–Kier alpha value is -2.49. The lowest BCUT2D eigenvalue weighted by Crippen LogP contribution is -2.31. The summed E-state index contributed by atoms with van der Waals surface area (Å²) in [6.45, 7) is 13.7. The van der Waals surface area contributed by atoms with Crippen LogP contribution in [0.4, 0.5) is 5.69 Å². The van der Waals surface area contributed by atoms with E-state index in [1.165, 1.54) is 5.56 Å². The van der Waals surface area contributed by atoms with E-state index in [2.05, 4.69) is 44.3 Å². The van der Waals surface area contributed by atoms with Crippen LogP contribution in [-0.2, 0) is 4.79 Å². The highest BCUT2D eigenvalue weighted by molar-refractivity contribution is 5.94. The molecule has 0 radical (unpaired) electrons. The molecule has 0 aliphatic heterocycles. The first-order chi connectivity index (χ1) is 14.2. The molecule has 4 heteroatoms. The Balaban J connectivity index is 1.82. The third kappa shape index (κ3) is 7.74. The molecule has 30 heavy (non-hydrogen) atoms. The molecule has 0 heterocycles. The van der Waals surface area contributed by atoms with Gasteiger partial charge in [-0.05, 0) is 68.4 Å². The smallest absolute Gasteiger partial charge is 0.230 e. The Morgan fingerprint density at radius 3 is 2.53 bits per heavy atom. The van der Waals surface area contributed by atoms with Crippen LogP contribution in [0.2, 0.25) is 0 Å². The largest absolute Gasteiger partial charge is 0.494 e. The Morgan fingerprint density at radius 2 is 1.80 bits per heavy atom. The predicted molar refractivity (Wildman–Crippen MR) is 124 cm³/mol. The summed E-state index contributed by atoms with van der Waals surface area (Å²) in [6, 6.07) is 13.8. The molecule has 0 spiro atoms. The van der Waals surface area contributed by atoms with Gasteiger partial charge >= 0.3 is 0 Å². The molecule has 0 fully saturated rings. The fourth-order valence-electron chi connectivity index (χ4n) is 3.05. The Morgan fingerprint density at radius 1 is 1.03 bits per heavy atom. The van der Waals surface area contributed by atoms with E-state index in [9.17, 15) is 4.79 Å². The number of hydrogen-bond donors (Lipinski definition) is 1. The SMILES string of the molecule is Cc1ccc(C)c(OCCCC(C)(C)C(=O)Nc2cccc(OCCC(C)C)c2)c1. The molecule has 0 saturated heterocycles. The van der Waals surface area contributed by atoms with Gasteiger partial charge in [-0.2, -0.15) is 0 Å². The number of anilines is 1. The van der Waals surface area contributed by atoms with Crippen molar-refractivity contribution in [3.63, 3.8) is 0 Å². The van der Waals surface area contributed by atoms with Crippen molar-refractivity contribution in [2.45, 2.75) is 60.8 Å². The highest BCUT2D eigenvalue weighted by atomic mass is 16.5. The lowest BCUT2D eigenvalue weighted by Gasteiger charge is -2.24. The maximum Gasteiger partial charge on any atom is 0.230 e. The first kappa shape index (κ1) is 23.8. The highest BCUT2D eigenvalue weighted by Gasteiger charge is 2.27. The zero-order valence-corrected chi connectivity index (χ0v) is 19.4. The van der Waals surface area contributed by atoms with E-state index in [0.29, 0.717) is 19.1 Å². The lowest BCUT2D eigenvalue weighted by atomic mass is 9.87. The molecule has 2 aromatic rings. The topological polar surface area (TPSA) is 47.6 Å². The van der Waals surface area contributed by atoms with E-state index in [1.54, 1.807) is 0 Å². The van der Waals surface area contributed by atoms with E-state index in [4.69, 9.17) is 9.47 Å². The minimum Gasteiger partial charge on any atom is -0.494 e. The van der Waals surface area contributed by atoms with Gasteiger partial charge in [0.15, 0.2) is 0 Å². The van der Waals surface area contributed by atoms with Gasteiger partial charge in [0, 0.05) is 17.2 Å². The first-order valence-corrected chi connectivity index (χ1v) is 10.9. The first-order valence-electron chi connectivity index (χ1n) is 10.9. The Bertz CT molecular complexity index is 827. The molecule has 1 amide bonds. The van der Waals surface area contributed by atoms with Gasteiger partial charge < -0.3 is 14.8 Å². The standard InChI is InChI=1S/C26H37NO3/c1-19(2)13-16-29-23-10-7-9-22(18-23)27-25(28)26(5,6)14-8-15-30-24-17-20(3)11-12-21(24)4/h7,9-12,17-19H,8,13-16H2,1-6H3,(H,27,28). The molecule has 0 unspecified atom stereocenters. The number of ether oxygens (including phenoxy) is 2. The number of hydrogen-bond acceptors (Lipinski definition) is 3. The molecular weight excluding hydrogens is 374 g/mol. The van der Waals surface area contributed by atoms with Gasteiger partial charge in [-0.1, -0.05) is 45.9 Å². The summed E-state index contributed by atoms with van der Waals surface area (Å²) >= 11 is 0. The summed E-state index contributed by atoms with van der Waals surface area (Å²) in [4.78, 5) is 12.8. The maximum atomic E-state index is 12.8. The maximum absolute atomic E-state index is 12.8. The summed E-state index contributed by atoms with van der Waals surface area (Å²) in [5, 5.41) is 3.04. The second-order valence-electron chi connectivity index (χ2n) is 9.12. The molecule has 0 aliphatic carbocycles. The van der Waals surface area contributed by atoms with Crippen molar-refractivity contribution in [3.05, 3.63) is 53.6 Å². The average molecular weight is 412 g/mol. The third-order valence-corrected chi connectivity index (χ3v) is 5.22. The van der Waals surface area contributed by atoms with Crippen LogP contribution in [0.5, 0.6) is 11.5 Å². The van der Waals surface area contributed by atoms with Crippen LogP contribution in [0.3, 0.4) is 0 Å². The average Bonchev–Trinajstić information content (AvgIpc) is 2.68. The number of carbonyl (C=O) groups excluding carboxylic acids is 1. The second-order valence-corrected chi connectivity index (χ2v) is 9.12. The van der Waals surface area contributed by atoms with E-state index in [-0.39, 0.29) is 5.91 Å². The van der Waals surface area contributed by atoms with Gasteiger partial charge in [0.05, 0.1) is 13.2 Å². The highest BCUT2D eigenvalue weighted by Crippen LogP contribution is 2.27.